The van der Waals surface area contributed by atoms with Crippen molar-refractivity contribution in [3.8, 4) is 5.75 Å². The average Bonchev–Trinajstić information content (AvgIpc) is 2.64. The smallest absolute Gasteiger partial charge is 0.316 e. The van der Waals surface area contributed by atoms with Gasteiger partial charge in [-0.15, -0.1) is 0 Å². The highest BCUT2D eigenvalue weighted by Crippen LogP contribution is 2.30. The van der Waals surface area contributed by atoms with Crippen LogP contribution in [0.3, 0.4) is 0 Å². The summed E-state index contributed by atoms with van der Waals surface area (Å²) in [4.78, 5) is 24.8. The molecular formula is C22H23ClN2O3S. The summed E-state index contributed by atoms with van der Waals surface area (Å²) in [5, 5.41) is 6.38. The summed E-state index contributed by atoms with van der Waals surface area (Å²) in [5.41, 5.74) is 2.72. The van der Waals surface area contributed by atoms with Gasteiger partial charge in [-0.25, -0.2) is 5.01 Å². The van der Waals surface area contributed by atoms with Crippen LogP contribution in [0.15, 0.2) is 47.6 Å². The highest BCUT2D eigenvalue weighted by Gasteiger charge is 2.28. The van der Waals surface area contributed by atoms with E-state index in [1.807, 2.05) is 31.2 Å². The third-order valence-corrected chi connectivity index (χ3v) is 5.38. The molecule has 0 unspecified atom stereocenters. The molecule has 152 valence electrons. The Balaban J connectivity index is 1.93. The maximum atomic E-state index is 12.4. The van der Waals surface area contributed by atoms with Crippen molar-refractivity contribution in [2.75, 3.05) is 5.75 Å². The van der Waals surface area contributed by atoms with Gasteiger partial charge in [-0.1, -0.05) is 53.2 Å². The normalized spacial score (nSPS) is 14.6. The summed E-state index contributed by atoms with van der Waals surface area (Å²) in [6.45, 7) is 7.75. The van der Waals surface area contributed by atoms with Gasteiger partial charge in [0, 0.05) is 16.3 Å². The van der Waals surface area contributed by atoms with Crippen molar-refractivity contribution in [1.29, 1.82) is 0 Å². The van der Waals surface area contributed by atoms with Gasteiger partial charge in [-0.3, -0.25) is 9.59 Å². The van der Waals surface area contributed by atoms with Crippen molar-refractivity contribution < 1.29 is 14.3 Å². The Hall–Kier alpha value is -2.31. The van der Waals surface area contributed by atoms with Crippen LogP contribution >= 0.6 is 23.4 Å². The Morgan fingerprint density at radius 3 is 2.69 bits per heavy atom. The SMILES string of the molecule is Cc1cccc(CN2N=C(c3cc(Cl)ccc3OC(=O)C(C)(C)C)CSC2=O)c1. The second-order valence-corrected chi connectivity index (χ2v) is 9.29. The van der Waals surface area contributed by atoms with E-state index in [0.717, 1.165) is 22.9 Å². The van der Waals surface area contributed by atoms with E-state index in [0.29, 0.717) is 34.3 Å². The zero-order valence-electron chi connectivity index (χ0n) is 16.9. The van der Waals surface area contributed by atoms with E-state index in [2.05, 4.69) is 5.10 Å². The van der Waals surface area contributed by atoms with Crippen LogP contribution in [0.25, 0.3) is 0 Å². The summed E-state index contributed by atoms with van der Waals surface area (Å²) >= 11 is 7.36. The first-order chi connectivity index (χ1) is 13.6. The molecule has 0 spiro atoms. The van der Waals surface area contributed by atoms with E-state index in [9.17, 15) is 9.59 Å². The number of thioether (sulfide) groups is 1. The van der Waals surface area contributed by atoms with Crippen LogP contribution in [0.5, 0.6) is 5.75 Å². The first-order valence-corrected chi connectivity index (χ1v) is 10.6. The number of aryl methyl sites for hydroxylation is 1. The summed E-state index contributed by atoms with van der Waals surface area (Å²) in [6.07, 6.45) is 0. The lowest BCUT2D eigenvalue weighted by atomic mass is 9.97. The standard InChI is InChI=1S/C22H23ClN2O3S/c1-14-6-5-7-15(10-14)12-25-21(27)29-13-18(24-25)17-11-16(23)8-9-19(17)28-20(26)22(2,3)4/h5-11H,12-13H2,1-4H3. The molecule has 1 aliphatic rings. The van der Waals surface area contributed by atoms with E-state index in [1.165, 1.54) is 5.01 Å². The number of benzene rings is 2. The number of rotatable bonds is 4. The van der Waals surface area contributed by atoms with Crippen molar-refractivity contribution in [3.05, 3.63) is 64.2 Å². The molecule has 0 saturated heterocycles. The van der Waals surface area contributed by atoms with Gasteiger partial charge in [-0.05, 0) is 51.5 Å². The molecule has 29 heavy (non-hydrogen) atoms. The summed E-state index contributed by atoms with van der Waals surface area (Å²) in [7, 11) is 0. The van der Waals surface area contributed by atoms with Gasteiger partial charge < -0.3 is 4.74 Å². The third kappa shape index (κ3) is 5.40. The molecule has 2 aromatic carbocycles. The highest BCUT2D eigenvalue weighted by atomic mass is 35.5. The molecule has 3 rings (SSSR count). The van der Waals surface area contributed by atoms with Crippen molar-refractivity contribution in [2.45, 2.75) is 34.2 Å². The fourth-order valence-corrected chi connectivity index (χ4v) is 3.60. The topological polar surface area (TPSA) is 59.0 Å². The molecule has 0 aliphatic carbocycles. The fraction of sp³-hybridized carbons (Fsp3) is 0.318. The number of carbonyl (C=O) groups excluding carboxylic acids is 2. The number of nitrogens with zero attached hydrogens (tertiary/aromatic N) is 2. The molecule has 0 saturated carbocycles. The molecule has 5 nitrogen and oxygen atoms in total. The molecule has 1 aliphatic heterocycles. The third-order valence-electron chi connectivity index (χ3n) is 4.27. The molecule has 0 N–H and O–H groups in total. The molecule has 0 bridgehead atoms. The lowest BCUT2D eigenvalue weighted by molar-refractivity contribution is -0.143. The Bertz CT molecular complexity index is 982. The monoisotopic (exact) mass is 430 g/mol. The first kappa shape index (κ1) is 21.4. The molecule has 0 fully saturated rings. The van der Waals surface area contributed by atoms with E-state index < -0.39 is 5.41 Å². The molecule has 0 aromatic heterocycles. The Labute approximate surface area is 180 Å². The van der Waals surface area contributed by atoms with Crippen LogP contribution in [-0.4, -0.2) is 27.7 Å². The Kier molecular flexibility index (Phi) is 6.34. The number of halogens is 1. The molecule has 7 heteroatoms. The predicted molar refractivity (Wildman–Crippen MR) is 118 cm³/mol. The maximum absolute atomic E-state index is 12.4. The number of hydrazone groups is 1. The number of hydrogen-bond donors (Lipinski definition) is 0. The number of ether oxygens (including phenoxy) is 1. The summed E-state index contributed by atoms with van der Waals surface area (Å²) < 4.78 is 5.62. The number of esters is 1. The van der Waals surface area contributed by atoms with Gasteiger partial charge in [0.15, 0.2) is 0 Å². The lowest BCUT2D eigenvalue weighted by Crippen LogP contribution is -2.30. The van der Waals surface area contributed by atoms with Crippen molar-refractivity contribution in [1.82, 2.24) is 5.01 Å². The van der Waals surface area contributed by atoms with Gasteiger partial charge >= 0.3 is 11.2 Å². The minimum atomic E-state index is -0.646. The number of amides is 1. The van der Waals surface area contributed by atoms with Crippen LogP contribution in [0.4, 0.5) is 4.79 Å². The highest BCUT2D eigenvalue weighted by molar-refractivity contribution is 8.14. The van der Waals surface area contributed by atoms with Crippen LogP contribution in [0.1, 0.15) is 37.5 Å². The van der Waals surface area contributed by atoms with E-state index in [4.69, 9.17) is 16.3 Å². The Morgan fingerprint density at radius 2 is 2.00 bits per heavy atom. The molecule has 1 amide bonds. The summed E-state index contributed by atoms with van der Waals surface area (Å²) in [5.74, 6) is 0.417. The van der Waals surface area contributed by atoms with Gasteiger partial charge in [0.25, 0.3) is 0 Å². The molecule has 0 atom stereocenters. The number of hydrogen-bond acceptors (Lipinski definition) is 5. The van der Waals surface area contributed by atoms with Crippen LogP contribution in [0, 0.1) is 12.3 Å². The Morgan fingerprint density at radius 1 is 1.24 bits per heavy atom. The van der Waals surface area contributed by atoms with Crippen LogP contribution < -0.4 is 4.74 Å². The molecule has 2 aromatic rings. The molecule has 0 radical (unpaired) electrons. The second-order valence-electron chi connectivity index (χ2n) is 7.93. The fourth-order valence-electron chi connectivity index (χ4n) is 2.70. The lowest BCUT2D eigenvalue weighted by Gasteiger charge is -2.24. The second kappa shape index (κ2) is 8.59. The van der Waals surface area contributed by atoms with Crippen molar-refractivity contribution in [3.63, 3.8) is 0 Å². The van der Waals surface area contributed by atoms with Crippen LogP contribution in [-0.2, 0) is 11.3 Å². The molecular weight excluding hydrogens is 408 g/mol. The van der Waals surface area contributed by atoms with Gasteiger partial charge in [0.2, 0.25) is 0 Å². The summed E-state index contributed by atoms with van der Waals surface area (Å²) in [6, 6.07) is 13.0. The molecule has 1 heterocycles. The van der Waals surface area contributed by atoms with Crippen molar-refractivity contribution in [2.24, 2.45) is 10.5 Å². The quantitative estimate of drug-likeness (QED) is 0.463. The van der Waals surface area contributed by atoms with Crippen molar-refractivity contribution >= 4 is 40.3 Å². The number of carbonyl (C=O) groups is 2. The maximum Gasteiger partial charge on any atom is 0.316 e. The zero-order chi connectivity index (χ0) is 21.2. The van der Waals surface area contributed by atoms with E-state index in [1.54, 1.807) is 39.0 Å². The van der Waals surface area contributed by atoms with E-state index >= 15 is 0 Å². The minimum Gasteiger partial charge on any atom is -0.425 e. The zero-order valence-corrected chi connectivity index (χ0v) is 18.4. The van der Waals surface area contributed by atoms with Gasteiger partial charge in [0.1, 0.15) is 5.75 Å². The average molecular weight is 431 g/mol. The minimum absolute atomic E-state index is 0.120. The predicted octanol–water partition coefficient (Wildman–Crippen LogP) is 5.67. The van der Waals surface area contributed by atoms with Gasteiger partial charge in [0.05, 0.1) is 17.7 Å². The van der Waals surface area contributed by atoms with Crippen LogP contribution in [0.2, 0.25) is 5.02 Å². The van der Waals surface area contributed by atoms with Gasteiger partial charge in [-0.2, -0.15) is 5.10 Å². The first-order valence-electron chi connectivity index (χ1n) is 9.23. The van der Waals surface area contributed by atoms with E-state index in [-0.39, 0.29) is 11.2 Å². The largest absolute Gasteiger partial charge is 0.425 e.